The monoisotopic (exact) mass is 438 g/mol. The molecule has 3 heterocycles. The van der Waals surface area contributed by atoms with Gasteiger partial charge >= 0.3 is 6.03 Å². The predicted molar refractivity (Wildman–Crippen MR) is 127 cm³/mol. The van der Waals surface area contributed by atoms with Gasteiger partial charge in [0.25, 0.3) is 0 Å². The highest BCUT2D eigenvalue weighted by molar-refractivity contribution is 6.30. The van der Waals surface area contributed by atoms with Gasteiger partial charge in [-0.15, -0.1) is 0 Å². The van der Waals surface area contributed by atoms with Crippen LogP contribution in [0, 0.1) is 0 Å². The molecule has 31 heavy (non-hydrogen) atoms. The molecule has 0 bridgehead atoms. The lowest BCUT2D eigenvalue weighted by Gasteiger charge is -2.32. The molecule has 0 saturated carbocycles. The van der Waals surface area contributed by atoms with Gasteiger partial charge in [-0.1, -0.05) is 23.7 Å². The number of benzene rings is 2. The van der Waals surface area contributed by atoms with Gasteiger partial charge in [-0.25, -0.2) is 4.79 Å². The van der Waals surface area contributed by atoms with Crippen LogP contribution in [0.4, 0.5) is 16.2 Å². The van der Waals surface area contributed by atoms with Crippen LogP contribution in [0.5, 0.6) is 0 Å². The van der Waals surface area contributed by atoms with Gasteiger partial charge in [0.1, 0.15) is 0 Å². The first kappa shape index (κ1) is 20.7. The lowest BCUT2D eigenvalue weighted by molar-refractivity contribution is 0.194. The molecule has 3 saturated heterocycles. The number of piperidine rings is 1. The van der Waals surface area contributed by atoms with Gasteiger partial charge in [-0.3, -0.25) is 0 Å². The zero-order valence-electron chi connectivity index (χ0n) is 18.1. The first-order chi connectivity index (χ1) is 15.1. The largest absolute Gasteiger partial charge is 0.367 e. The minimum absolute atomic E-state index is 0.000889. The number of hydrogen-bond acceptors (Lipinski definition) is 3. The van der Waals surface area contributed by atoms with E-state index in [2.05, 4.69) is 46.4 Å². The molecule has 0 aromatic heterocycles. The van der Waals surface area contributed by atoms with E-state index in [0.717, 1.165) is 43.2 Å². The number of nitrogens with zero attached hydrogens (tertiary/aromatic N) is 3. The molecule has 3 aliphatic rings. The second-order valence-electron chi connectivity index (χ2n) is 9.18. The molecule has 6 heteroatoms. The van der Waals surface area contributed by atoms with Crippen LogP contribution in [0.2, 0.25) is 5.02 Å². The number of carbonyl (C=O) groups excluding carboxylic acids is 1. The van der Waals surface area contributed by atoms with Gasteiger partial charge in [-0.2, -0.15) is 0 Å². The molecular weight excluding hydrogens is 408 g/mol. The molecular formula is C25H31ClN4O. The normalized spacial score (nSPS) is 24.5. The zero-order chi connectivity index (χ0) is 21.4. The summed E-state index contributed by atoms with van der Waals surface area (Å²) < 4.78 is 0. The molecule has 164 valence electrons. The quantitative estimate of drug-likeness (QED) is 0.730. The van der Waals surface area contributed by atoms with Crippen molar-refractivity contribution in [1.29, 1.82) is 0 Å². The number of nitrogens with one attached hydrogen (secondary N) is 1. The van der Waals surface area contributed by atoms with E-state index in [1.807, 2.05) is 29.2 Å². The van der Waals surface area contributed by atoms with E-state index in [1.54, 1.807) is 0 Å². The average molecular weight is 439 g/mol. The topological polar surface area (TPSA) is 38.8 Å². The van der Waals surface area contributed by atoms with Crippen molar-refractivity contribution in [3.8, 4) is 0 Å². The van der Waals surface area contributed by atoms with Crippen molar-refractivity contribution >= 4 is 29.0 Å². The van der Waals surface area contributed by atoms with Crippen molar-refractivity contribution in [3.05, 3.63) is 59.1 Å². The Kier molecular flexibility index (Phi) is 5.81. The minimum Gasteiger partial charge on any atom is -0.367 e. The zero-order valence-corrected chi connectivity index (χ0v) is 18.9. The van der Waals surface area contributed by atoms with Crippen molar-refractivity contribution in [2.75, 3.05) is 43.4 Å². The van der Waals surface area contributed by atoms with E-state index >= 15 is 0 Å². The Bertz CT molecular complexity index is 908. The minimum atomic E-state index is 0.000889. The number of carbonyl (C=O) groups is 1. The molecule has 0 radical (unpaired) electrons. The number of likely N-dealkylation sites (N-methyl/N-ethyl adjacent to an activating group) is 1. The third-order valence-electron chi connectivity index (χ3n) is 7.43. The Morgan fingerprint density at radius 2 is 1.55 bits per heavy atom. The number of fused-ring (bicyclic) bond motifs is 1. The van der Waals surface area contributed by atoms with E-state index in [4.69, 9.17) is 11.6 Å². The Hall–Kier alpha value is -2.24. The maximum absolute atomic E-state index is 12.8. The van der Waals surface area contributed by atoms with Gasteiger partial charge < -0.3 is 20.0 Å². The fourth-order valence-electron chi connectivity index (χ4n) is 5.61. The van der Waals surface area contributed by atoms with Crippen LogP contribution in [-0.2, 0) is 0 Å². The maximum atomic E-state index is 12.8. The first-order valence-electron chi connectivity index (χ1n) is 11.5. The summed E-state index contributed by atoms with van der Waals surface area (Å²) in [4.78, 5) is 19.7. The summed E-state index contributed by atoms with van der Waals surface area (Å²) in [6, 6.07) is 17.8. The van der Waals surface area contributed by atoms with Crippen molar-refractivity contribution in [2.45, 2.75) is 43.7 Å². The van der Waals surface area contributed by atoms with Gasteiger partial charge in [0.05, 0.1) is 0 Å². The summed E-state index contributed by atoms with van der Waals surface area (Å²) in [7, 11) is 2.24. The maximum Gasteiger partial charge on any atom is 0.321 e. The van der Waals surface area contributed by atoms with E-state index in [9.17, 15) is 4.79 Å². The highest BCUT2D eigenvalue weighted by atomic mass is 35.5. The van der Waals surface area contributed by atoms with Crippen molar-refractivity contribution in [1.82, 2.24) is 9.80 Å². The fraction of sp³-hybridized carbons (Fsp3) is 0.480. The Labute approximate surface area is 190 Å². The first-order valence-corrected chi connectivity index (χ1v) is 11.8. The van der Waals surface area contributed by atoms with Crippen LogP contribution in [0.1, 0.15) is 37.2 Å². The molecule has 5 rings (SSSR count). The average Bonchev–Trinajstić information content (AvgIpc) is 3.38. The summed E-state index contributed by atoms with van der Waals surface area (Å²) >= 11 is 6.00. The summed E-state index contributed by atoms with van der Waals surface area (Å²) in [6.07, 6.45) is 4.46. The van der Waals surface area contributed by atoms with E-state index < -0.39 is 0 Å². The van der Waals surface area contributed by atoms with Crippen molar-refractivity contribution in [3.63, 3.8) is 0 Å². The standard InChI is InChI=1S/C25H31ClN4O/c1-28-14-12-24-23(28)13-17-30(24)22-8-6-21(7-9-22)27-25(31)29-15-10-19(11-16-29)18-2-4-20(26)5-3-18/h2-9,19,23-24H,10-17H2,1H3,(H,27,31)/t23-,24-/m0/s1. The lowest BCUT2D eigenvalue weighted by atomic mass is 9.89. The highest BCUT2D eigenvalue weighted by Crippen LogP contribution is 2.35. The number of halogens is 1. The fourth-order valence-corrected chi connectivity index (χ4v) is 5.74. The second kappa shape index (κ2) is 8.71. The molecule has 1 N–H and O–H groups in total. The summed E-state index contributed by atoms with van der Waals surface area (Å²) in [5.74, 6) is 0.500. The lowest BCUT2D eigenvalue weighted by Crippen LogP contribution is -2.40. The smallest absolute Gasteiger partial charge is 0.321 e. The van der Waals surface area contributed by atoms with Crippen molar-refractivity contribution < 1.29 is 4.79 Å². The van der Waals surface area contributed by atoms with Gasteiger partial charge in [0, 0.05) is 54.7 Å². The number of amides is 2. The predicted octanol–water partition coefficient (Wildman–Crippen LogP) is 5.03. The van der Waals surface area contributed by atoms with Gasteiger partial charge in [-0.05, 0) is 80.6 Å². The van der Waals surface area contributed by atoms with E-state index in [-0.39, 0.29) is 6.03 Å². The van der Waals surface area contributed by atoms with Crippen LogP contribution >= 0.6 is 11.6 Å². The van der Waals surface area contributed by atoms with E-state index in [1.165, 1.54) is 30.6 Å². The Morgan fingerprint density at radius 1 is 0.871 bits per heavy atom. The molecule has 3 fully saturated rings. The number of likely N-dealkylation sites (tertiary alicyclic amines) is 2. The molecule has 2 aromatic carbocycles. The van der Waals surface area contributed by atoms with Crippen LogP contribution in [0.15, 0.2) is 48.5 Å². The number of rotatable bonds is 3. The molecule has 5 nitrogen and oxygen atoms in total. The summed E-state index contributed by atoms with van der Waals surface area (Å²) in [6.45, 7) is 3.87. The second-order valence-corrected chi connectivity index (χ2v) is 9.61. The van der Waals surface area contributed by atoms with Crippen LogP contribution in [0.25, 0.3) is 0 Å². The van der Waals surface area contributed by atoms with Crippen LogP contribution in [0.3, 0.4) is 0 Å². The third kappa shape index (κ3) is 4.26. The number of urea groups is 1. The number of anilines is 2. The van der Waals surface area contributed by atoms with Crippen molar-refractivity contribution in [2.24, 2.45) is 0 Å². The molecule has 0 unspecified atom stereocenters. The van der Waals surface area contributed by atoms with Crippen LogP contribution < -0.4 is 10.2 Å². The van der Waals surface area contributed by atoms with Gasteiger partial charge in [0.2, 0.25) is 0 Å². The summed E-state index contributed by atoms with van der Waals surface area (Å²) in [5.41, 5.74) is 3.45. The Morgan fingerprint density at radius 3 is 2.26 bits per heavy atom. The molecule has 3 aliphatic heterocycles. The SMILES string of the molecule is CN1CC[C@H]2[C@@H]1CCN2c1ccc(NC(=O)N2CCC(c3ccc(Cl)cc3)CC2)cc1. The summed E-state index contributed by atoms with van der Waals surface area (Å²) in [5, 5.41) is 3.86. The van der Waals surface area contributed by atoms with Crippen LogP contribution in [-0.4, -0.2) is 61.1 Å². The highest BCUT2D eigenvalue weighted by Gasteiger charge is 2.40. The Balaban J connectivity index is 1.15. The molecule has 0 spiro atoms. The van der Waals surface area contributed by atoms with E-state index in [0.29, 0.717) is 18.0 Å². The molecule has 2 amide bonds. The molecule has 2 aromatic rings. The van der Waals surface area contributed by atoms with Gasteiger partial charge in [0.15, 0.2) is 0 Å². The number of hydrogen-bond donors (Lipinski definition) is 1. The molecule has 2 atom stereocenters. The molecule has 0 aliphatic carbocycles. The third-order valence-corrected chi connectivity index (χ3v) is 7.68.